The Balaban J connectivity index is 2.97. The summed E-state index contributed by atoms with van der Waals surface area (Å²) < 4.78 is 0. The molecule has 5 nitrogen and oxygen atoms in total. The molecule has 0 aromatic heterocycles. The van der Waals surface area contributed by atoms with Gasteiger partial charge >= 0.3 is 5.97 Å². The molecule has 1 rings (SSSR count). The predicted molar refractivity (Wildman–Crippen MR) is 62.3 cm³/mol. The van der Waals surface area contributed by atoms with Crippen molar-refractivity contribution in [3.63, 3.8) is 0 Å². The summed E-state index contributed by atoms with van der Waals surface area (Å²) in [5.41, 5.74) is 0.0394. The van der Waals surface area contributed by atoms with Gasteiger partial charge in [-0.15, -0.1) is 0 Å². The van der Waals surface area contributed by atoms with Crippen LogP contribution in [0.1, 0.15) is 17.3 Å². The van der Waals surface area contributed by atoms with Gasteiger partial charge in [0.25, 0.3) is 5.91 Å². The normalized spacial score (nSPS) is 10.0. The number of benzene rings is 1. The lowest BCUT2D eigenvalue weighted by molar-refractivity contribution is -0.137. The zero-order chi connectivity index (χ0) is 13.0. The van der Waals surface area contributed by atoms with Crippen LogP contribution >= 0.6 is 11.6 Å². The molecule has 0 radical (unpaired) electrons. The van der Waals surface area contributed by atoms with E-state index < -0.39 is 18.4 Å². The first-order valence-electron chi connectivity index (χ1n) is 4.95. The van der Waals surface area contributed by atoms with Crippen molar-refractivity contribution in [2.24, 2.45) is 0 Å². The SMILES string of the molecule is CCN(CC(=O)O)C(=O)c1ccc(Cl)cc1O. The van der Waals surface area contributed by atoms with Gasteiger partial charge in [0, 0.05) is 11.6 Å². The van der Waals surface area contributed by atoms with Crippen LogP contribution < -0.4 is 0 Å². The molecule has 17 heavy (non-hydrogen) atoms. The lowest BCUT2D eigenvalue weighted by Gasteiger charge is -2.19. The molecule has 0 atom stereocenters. The summed E-state index contributed by atoms with van der Waals surface area (Å²) in [5.74, 6) is -1.90. The van der Waals surface area contributed by atoms with Crippen molar-refractivity contribution >= 4 is 23.5 Å². The Morgan fingerprint density at radius 3 is 2.53 bits per heavy atom. The van der Waals surface area contributed by atoms with Crippen molar-refractivity contribution in [2.75, 3.05) is 13.1 Å². The molecule has 0 unspecified atom stereocenters. The average molecular weight is 258 g/mol. The van der Waals surface area contributed by atoms with Crippen LogP contribution in [0.4, 0.5) is 0 Å². The lowest BCUT2D eigenvalue weighted by Crippen LogP contribution is -2.35. The Morgan fingerprint density at radius 2 is 2.06 bits per heavy atom. The summed E-state index contributed by atoms with van der Waals surface area (Å²) >= 11 is 5.64. The van der Waals surface area contributed by atoms with E-state index in [1.54, 1.807) is 6.92 Å². The van der Waals surface area contributed by atoms with Gasteiger partial charge in [0.1, 0.15) is 12.3 Å². The van der Waals surface area contributed by atoms with Gasteiger partial charge in [-0.3, -0.25) is 9.59 Å². The molecule has 0 aliphatic heterocycles. The monoisotopic (exact) mass is 257 g/mol. The molecule has 0 fully saturated rings. The quantitative estimate of drug-likeness (QED) is 0.859. The summed E-state index contributed by atoms with van der Waals surface area (Å²) in [6, 6.07) is 4.07. The number of carboxylic acid groups (broad SMARTS) is 1. The van der Waals surface area contributed by atoms with E-state index in [4.69, 9.17) is 16.7 Å². The molecule has 0 bridgehead atoms. The van der Waals surface area contributed by atoms with Crippen LogP contribution in [0.25, 0.3) is 0 Å². The highest BCUT2D eigenvalue weighted by molar-refractivity contribution is 6.30. The number of phenols is 1. The number of hydrogen-bond acceptors (Lipinski definition) is 3. The van der Waals surface area contributed by atoms with Crippen molar-refractivity contribution < 1.29 is 19.8 Å². The van der Waals surface area contributed by atoms with Crippen LogP contribution in [-0.4, -0.2) is 40.1 Å². The number of aliphatic carboxylic acids is 1. The fraction of sp³-hybridized carbons (Fsp3) is 0.273. The Bertz CT molecular complexity index is 447. The maximum Gasteiger partial charge on any atom is 0.323 e. The molecule has 2 N–H and O–H groups in total. The number of carboxylic acids is 1. The molecule has 0 aliphatic rings. The number of aromatic hydroxyl groups is 1. The molecule has 92 valence electrons. The van der Waals surface area contributed by atoms with Crippen molar-refractivity contribution in [2.45, 2.75) is 6.92 Å². The molecular formula is C11H12ClNO4. The van der Waals surface area contributed by atoms with Crippen LogP contribution in [0.2, 0.25) is 5.02 Å². The van der Waals surface area contributed by atoms with E-state index in [-0.39, 0.29) is 17.9 Å². The second kappa shape index (κ2) is 5.54. The van der Waals surface area contributed by atoms with E-state index in [2.05, 4.69) is 0 Å². The van der Waals surface area contributed by atoms with Gasteiger partial charge in [-0.1, -0.05) is 11.6 Å². The molecule has 1 aromatic carbocycles. The minimum Gasteiger partial charge on any atom is -0.507 e. The van der Waals surface area contributed by atoms with E-state index in [1.807, 2.05) is 0 Å². The number of rotatable bonds is 4. The number of hydrogen-bond donors (Lipinski definition) is 2. The van der Waals surface area contributed by atoms with Crippen molar-refractivity contribution in [3.8, 4) is 5.75 Å². The van der Waals surface area contributed by atoms with Crippen molar-refractivity contribution in [1.29, 1.82) is 0 Å². The zero-order valence-electron chi connectivity index (χ0n) is 9.18. The number of amides is 1. The molecule has 0 saturated heterocycles. The molecule has 0 heterocycles. The summed E-state index contributed by atoms with van der Waals surface area (Å²) in [6.45, 7) is 1.50. The fourth-order valence-corrected chi connectivity index (χ4v) is 1.51. The van der Waals surface area contributed by atoms with E-state index in [0.717, 1.165) is 4.90 Å². The standard InChI is InChI=1S/C11H12ClNO4/c1-2-13(6-10(15)16)11(17)8-4-3-7(12)5-9(8)14/h3-5,14H,2,6H2,1H3,(H,15,16). The Labute approximate surface area is 103 Å². The molecule has 6 heteroatoms. The highest BCUT2D eigenvalue weighted by atomic mass is 35.5. The first-order chi connectivity index (χ1) is 7.95. The molecular weight excluding hydrogens is 246 g/mol. The highest BCUT2D eigenvalue weighted by Gasteiger charge is 2.19. The Hall–Kier alpha value is -1.75. The first kappa shape index (κ1) is 13.3. The fourth-order valence-electron chi connectivity index (χ4n) is 1.35. The van der Waals surface area contributed by atoms with Gasteiger partial charge in [-0.25, -0.2) is 0 Å². The number of phenolic OH excluding ortho intramolecular Hbond substituents is 1. The van der Waals surface area contributed by atoms with Crippen LogP contribution in [0, 0.1) is 0 Å². The smallest absolute Gasteiger partial charge is 0.323 e. The van der Waals surface area contributed by atoms with E-state index in [9.17, 15) is 14.7 Å². The number of likely N-dealkylation sites (N-methyl/N-ethyl adjacent to an activating group) is 1. The largest absolute Gasteiger partial charge is 0.507 e. The number of carbonyl (C=O) groups excluding carboxylic acids is 1. The van der Waals surface area contributed by atoms with E-state index >= 15 is 0 Å². The molecule has 0 spiro atoms. The third kappa shape index (κ3) is 3.35. The summed E-state index contributed by atoms with van der Waals surface area (Å²) in [6.07, 6.45) is 0. The zero-order valence-corrected chi connectivity index (χ0v) is 9.94. The highest BCUT2D eigenvalue weighted by Crippen LogP contribution is 2.23. The predicted octanol–water partition coefficient (Wildman–Crippen LogP) is 1.59. The second-order valence-electron chi connectivity index (χ2n) is 3.37. The van der Waals surface area contributed by atoms with Crippen molar-refractivity contribution in [3.05, 3.63) is 28.8 Å². The minimum absolute atomic E-state index is 0.0394. The van der Waals surface area contributed by atoms with Crippen molar-refractivity contribution in [1.82, 2.24) is 4.90 Å². The van der Waals surface area contributed by atoms with E-state index in [0.29, 0.717) is 5.02 Å². The Kier molecular flexibility index (Phi) is 4.34. The van der Waals surface area contributed by atoms with Crippen LogP contribution in [-0.2, 0) is 4.79 Å². The van der Waals surface area contributed by atoms with Crippen LogP contribution in [0.15, 0.2) is 18.2 Å². The first-order valence-corrected chi connectivity index (χ1v) is 5.33. The van der Waals surface area contributed by atoms with Crippen LogP contribution in [0.3, 0.4) is 0 Å². The maximum absolute atomic E-state index is 11.9. The topological polar surface area (TPSA) is 77.8 Å². The third-order valence-corrected chi connectivity index (χ3v) is 2.42. The Morgan fingerprint density at radius 1 is 1.41 bits per heavy atom. The second-order valence-corrected chi connectivity index (χ2v) is 3.81. The molecule has 1 amide bonds. The van der Waals surface area contributed by atoms with E-state index in [1.165, 1.54) is 18.2 Å². The lowest BCUT2D eigenvalue weighted by atomic mass is 10.1. The maximum atomic E-state index is 11.9. The molecule has 0 aliphatic carbocycles. The van der Waals surface area contributed by atoms with Gasteiger partial charge in [0.2, 0.25) is 0 Å². The van der Waals surface area contributed by atoms with Gasteiger partial charge in [-0.05, 0) is 25.1 Å². The van der Waals surface area contributed by atoms with Gasteiger partial charge < -0.3 is 15.1 Å². The summed E-state index contributed by atoms with van der Waals surface area (Å²) in [5, 5.41) is 18.5. The van der Waals surface area contributed by atoms with Gasteiger partial charge in [-0.2, -0.15) is 0 Å². The number of halogens is 1. The molecule has 0 saturated carbocycles. The summed E-state index contributed by atoms with van der Waals surface area (Å²) in [7, 11) is 0. The van der Waals surface area contributed by atoms with Gasteiger partial charge in [0.05, 0.1) is 5.56 Å². The average Bonchev–Trinajstić information content (AvgIpc) is 2.24. The third-order valence-electron chi connectivity index (χ3n) is 2.19. The van der Waals surface area contributed by atoms with Gasteiger partial charge in [0.15, 0.2) is 0 Å². The van der Waals surface area contributed by atoms with Crippen LogP contribution in [0.5, 0.6) is 5.75 Å². The number of carbonyl (C=O) groups is 2. The number of nitrogens with zero attached hydrogens (tertiary/aromatic N) is 1. The summed E-state index contributed by atoms with van der Waals surface area (Å²) in [4.78, 5) is 23.6. The minimum atomic E-state index is -1.10. The molecule has 1 aromatic rings.